The summed E-state index contributed by atoms with van der Waals surface area (Å²) in [5, 5.41) is 0. The second-order valence-electron chi connectivity index (χ2n) is 7.65. The van der Waals surface area contributed by atoms with E-state index in [0.717, 1.165) is 35.6 Å². The molecule has 28 heavy (non-hydrogen) atoms. The van der Waals surface area contributed by atoms with Crippen molar-refractivity contribution in [3.05, 3.63) is 48.3 Å². The number of anilines is 1. The third-order valence-electron chi connectivity index (χ3n) is 5.84. The summed E-state index contributed by atoms with van der Waals surface area (Å²) in [6, 6.07) is 7.34. The lowest BCUT2D eigenvalue weighted by atomic mass is 9.81. The summed E-state index contributed by atoms with van der Waals surface area (Å²) in [5.41, 5.74) is 1.55. The van der Waals surface area contributed by atoms with Gasteiger partial charge in [0.15, 0.2) is 0 Å². The Balaban J connectivity index is 1.74. The lowest BCUT2D eigenvalue weighted by Gasteiger charge is -2.25. The second kappa shape index (κ2) is 6.53. The molecule has 0 saturated heterocycles. The van der Waals surface area contributed by atoms with Crippen LogP contribution in [0.25, 0.3) is 0 Å². The SMILES string of the molecule is CN(C)S(=O)(=O)c1ccc(S(=O)(=O)N2CC3(CCCC3)c3ccncc32)cc1. The molecular weight excluding hydrogens is 398 g/mol. The standard InChI is InChI=1S/C19H23N3O4S2/c1-21(2)27(23,24)15-5-7-16(8-6-15)28(25,26)22-14-19(10-3-4-11-19)17-9-12-20-13-18(17)22/h5-9,12-13H,3-4,10-11,14H2,1-2H3. The number of pyridine rings is 1. The van der Waals surface area contributed by atoms with Crippen LogP contribution in [0.3, 0.4) is 0 Å². The molecular formula is C19H23N3O4S2. The van der Waals surface area contributed by atoms with Crippen molar-refractivity contribution in [3.8, 4) is 0 Å². The van der Waals surface area contributed by atoms with Crippen LogP contribution in [0.4, 0.5) is 5.69 Å². The van der Waals surface area contributed by atoms with Gasteiger partial charge in [-0.2, -0.15) is 0 Å². The van der Waals surface area contributed by atoms with Crippen molar-refractivity contribution < 1.29 is 16.8 Å². The highest BCUT2D eigenvalue weighted by Crippen LogP contribution is 2.51. The molecule has 0 bridgehead atoms. The molecule has 4 rings (SSSR count). The highest BCUT2D eigenvalue weighted by Gasteiger charge is 2.48. The Kier molecular flexibility index (Phi) is 4.52. The highest BCUT2D eigenvalue weighted by atomic mass is 32.2. The van der Waals surface area contributed by atoms with Crippen molar-refractivity contribution in [1.29, 1.82) is 0 Å². The number of fused-ring (bicyclic) bond motifs is 2. The van der Waals surface area contributed by atoms with Crippen molar-refractivity contribution in [2.24, 2.45) is 0 Å². The average Bonchev–Trinajstić information content (AvgIpc) is 3.28. The lowest BCUT2D eigenvalue weighted by molar-refractivity contribution is 0.477. The van der Waals surface area contributed by atoms with Crippen LogP contribution in [0, 0.1) is 0 Å². The van der Waals surface area contributed by atoms with E-state index in [-0.39, 0.29) is 15.2 Å². The number of sulfonamides is 2. The van der Waals surface area contributed by atoms with Gasteiger partial charge in [0.05, 0.1) is 21.7 Å². The molecule has 0 atom stereocenters. The fourth-order valence-electron chi connectivity index (χ4n) is 4.29. The third kappa shape index (κ3) is 2.84. The largest absolute Gasteiger partial charge is 0.264 e. The molecule has 1 aromatic heterocycles. The lowest BCUT2D eigenvalue weighted by Crippen LogP contribution is -2.35. The minimum absolute atomic E-state index is 0.0622. The van der Waals surface area contributed by atoms with Crippen LogP contribution < -0.4 is 4.31 Å². The van der Waals surface area contributed by atoms with Gasteiger partial charge < -0.3 is 0 Å². The van der Waals surface area contributed by atoms with Gasteiger partial charge in [-0.1, -0.05) is 12.8 Å². The molecule has 1 spiro atoms. The molecule has 1 saturated carbocycles. The number of nitrogens with zero attached hydrogens (tertiary/aromatic N) is 3. The highest BCUT2D eigenvalue weighted by molar-refractivity contribution is 7.93. The fourth-order valence-corrected chi connectivity index (χ4v) is 6.75. The summed E-state index contributed by atoms with van der Waals surface area (Å²) in [5.74, 6) is 0. The summed E-state index contributed by atoms with van der Waals surface area (Å²) in [6.45, 7) is 0.411. The minimum atomic E-state index is -3.81. The first-order valence-corrected chi connectivity index (χ1v) is 12.1. The summed E-state index contributed by atoms with van der Waals surface area (Å²) >= 11 is 0. The van der Waals surface area contributed by atoms with Crippen LogP contribution in [-0.4, -0.2) is 46.8 Å². The monoisotopic (exact) mass is 421 g/mol. The fraction of sp³-hybridized carbons (Fsp3) is 0.421. The van der Waals surface area contributed by atoms with Gasteiger partial charge in [-0.05, 0) is 48.7 Å². The van der Waals surface area contributed by atoms with Crippen LogP contribution in [0.15, 0.2) is 52.5 Å². The second-order valence-corrected chi connectivity index (χ2v) is 11.7. The molecule has 2 aromatic rings. The van der Waals surface area contributed by atoms with E-state index in [1.165, 1.54) is 42.7 Å². The quantitative estimate of drug-likeness (QED) is 0.756. The molecule has 9 heteroatoms. The Morgan fingerprint density at radius 3 is 2.18 bits per heavy atom. The van der Waals surface area contributed by atoms with E-state index in [2.05, 4.69) is 4.98 Å². The predicted molar refractivity (Wildman–Crippen MR) is 106 cm³/mol. The van der Waals surface area contributed by atoms with E-state index >= 15 is 0 Å². The average molecular weight is 422 g/mol. The van der Waals surface area contributed by atoms with Gasteiger partial charge in [-0.3, -0.25) is 9.29 Å². The molecule has 1 aliphatic carbocycles. The van der Waals surface area contributed by atoms with E-state index in [1.54, 1.807) is 12.4 Å². The van der Waals surface area contributed by atoms with Crippen molar-refractivity contribution in [2.45, 2.75) is 40.9 Å². The number of aromatic nitrogens is 1. The molecule has 0 radical (unpaired) electrons. The molecule has 1 aliphatic heterocycles. The Labute approximate surface area is 166 Å². The number of hydrogen-bond donors (Lipinski definition) is 0. The van der Waals surface area contributed by atoms with Gasteiger partial charge in [-0.15, -0.1) is 0 Å². The van der Waals surface area contributed by atoms with E-state index in [0.29, 0.717) is 12.2 Å². The van der Waals surface area contributed by atoms with Crippen molar-refractivity contribution in [1.82, 2.24) is 9.29 Å². The van der Waals surface area contributed by atoms with E-state index in [4.69, 9.17) is 0 Å². The maximum absolute atomic E-state index is 13.4. The Hall–Kier alpha value is -1.97. The summed E-state index contributed by atoms with van der Waals surface area (Å²) in [4.78, 5) is 4.28. The van der Waals surface area contributed by atoms with E-state index in [1.807, 2.05) is 6.07 Å². The van der Waals surface area contributed by atoms with Gasteiger partial charge >= 0.3 is 0 Å². The van der Waals surface area contributed by atoms with Crippen LogP contribution in [-0.2, 0) is 25.5 Å². The summed E-state index contributed by atoms with van der Waals surface area (Å²) in [6.07, 6.45) is 7.45. The van der Waals surface area contributed by atoms with E-state index < -0.39 is 20.0 Å². The van der Waals surface area contributed by atoms with Crippen LogP contribution in [0.5, 0.6) is 0 Å². The van der Waals surface area contributed by atoms with Crippen molar-refractivity contribution in [2.75, 3.05) is 24.9 Å². The maximum atomic E-state index is 13.4. The molecule has 2 aliphatic rings. The Morgan fingerprint density at radius 1 is 0.964 bits per heavy atom. The zero-order valence-electron chi connectivity index (χ0n) is 15.9. The molecule has 0 amide bonds. The summed E-state index contributed by atoms with van der Waals surface area (Å²) < 4.78 is 53.8. The van der Waals surface area contributed by atoms with Gasteiger partial charge in [0.2, 0.25) is 10.0 Å². The summed E-state index contributed by atoms with van der Waals surface area (Å²) in [7, 11) is -4.54. The first-order valence-electron chi connectivity index (χ1n) is 9.18. The Morgan fingerprint density at radius 2 is 1.57 bits per heavy atom. The zero-order chi connectivity index (χ0) is 20.2. The van der Waals surface area contributed by atoms with Gasteiger partial charge in [-0.25, -0.2) is 21.1 Å². The van der Waals surface area contributed by atoms with Crippen molar-refractivity contribution >= 4 is 25.7 Å². The van der Waals surface area contributed by atoms with Crippen LogP contribution in [0.1, 0.15) is 31.2 Å². The molecule has 2 heterocycles. The topological polar surface area (TPSA) is 87.7 Å². The van der Waals surface area contributed by atoms with Gasteiger partial charge in [0.1, 0.15) is 0 Å². The third-order valence-corrected chi connectivity index (χ3v) is 9.44. The van der Waals surface area contributed by atoms with E-state index in [9.17, 15) is 16.8 Å². The first-order chi connectivity index (χ1) is 13.2. The van der Waals surface area contributed by atoms with Crippen LogP contribution in [0.2, 0.25) is 0 Å². The predicted octanol–water partition coefficient (Wildman–Crippen LogP) is 2.35. The number of rotatable bonds is 4. The molecule has 0 unspecified atom stereocenters. The van der Waals surface area contributed by atoms with Crippen molar-refractivity contribution in [3.63, 3.8) is 0 Å². The molecule has 0 N–H and O–H groups in total. The molecule has 7 nitrogen and oxygen atoms in total. The normalized spacial score (nSPS) is 18.8. The molecule has 150 valence electrons. The molecule has 1 aromatic carbocycles. The smallest absolute Gasteiger partial charge is 0.264 e. The Bertz CT molecular complexity index is 1100. The van der Waals surface area contributed by atoms with Gasteiger partial charge in [0, 0.05) is 32.3 Å². The number of hydrogen-bond acceptors (Lipinski definition) is 5. The van der Waals surface area contributed by atoms with Crippen LogP contribution >= 0.6 is 0 Å². The minimum Gasteiger partial charge on any atom is -0.264 e. The first kappa shape index (κ1) is 19.4. The molecule has 1 fully saturated rings. The van der Waals surface area contributed by atoms with Gasteiger partial charge in [0.25, 0.3) is 10.0 Å². The maximum Gasteiger partial charge on any atom is 0.264 e. The zero-order valence-corrected chi connectivity index (χ0v) is 17.5. The number of benzene rings is 1.